The second kappa shape index (κ2) is 5.00. The van der Waals surface area contributed by atoms with E-state index in [4.69, 9.17) is 4.98 Å². The van der Waals surface area contributed by atoms with Gasteiger partial charge in [-0.05, 0) is 35.6 Å². The zero-order valence-corrected chi connectivity index (χ0v) is 13.1. The maximum absolute atomic E-state index is 4.84. The smallest absolute Gasteiger partial charge is 0.0738 e. The molecule has 0 bridgehead atoms. The van der Waals surface area contributed by atoms with Crippen LogP contribution in [0.4, 0.5) is 0 Å². The molecule has 21 heavy (non-hydrogen) atoms. The average Bonchev–Trinajstić information content (AvgIpc) is 2.46. The van der Waals surface area contributed by atoms with Crippen LogP contribution < -0.4 is 0 Å². The summed E-state index contributed by atoms with van der Waals surface area (Å²) >= 11 is 0. The summed E-state index contributed by atoms with van der Waals surface area (Å²) in [6.07, 6.45) is 0. The van der Waals surface area contributed by atoms with Gasteiger partial charge in [-0.1, -0.05) is 63.2 Å². The average molecular weight is 275 g/mol. The number of hydrogen-bond donors (Lipinski definition) is 0. The Bertz CT molecular complexity index is 777. The van der Waals surface area contributed by atoms with Gasteiger partial charge in [-0.2, -0.15) is 0 Å². The molecule has 0 atom stereocenters. The van der Waals surface area contributed by atoms with Crippen molar-refractivity contribution in [2.24, 2.45) is 0 Å². The van der Waals surface area contributed by atoms with Crippen molar-refractivity contribution in [2.75, 3.05) is 0 Å². The molecule has 1 nitrogen and oxygen atoms in total. The van der Waals surface area contributed by atoms with E-state index in [0.717, 1.165) is 11.2 Å². The third kappa shape index (κ3) is 2.69. The highest BCUT2D eigenvalue weighted by atomic mass is 14.7. The molecule has 2 aromatic carbocycles. The number of fused-ring (bicyclic) bond motifs is 1. The normalized spacial score (nSPS) is 11.8. The van der Waals surface area contributed by atoms with Crippen LogP contribution in [0.2, 0.25) is 0 Å². The first-order chi connectivity index (χ1) is 9.95. The Hall–Kier alpha value is -2.15. The highest BCUT2D eigenvalue weighted by Crippen LogP contribution is 2.28. The molecule has 0 aliphatic rings. The molecule has 3 rings (SSSR count). The summed E-state index contributed by atoms with van der Waals surface area (Å²) < 4.78 is 0. The van der Waals surface area contributed by atoms with Gasteiger partial charge in [0, 0.05) is 10.9 Å². The molecule has 0 saturated carbocycles. The number of para-hydroxylation sites is 1. The summed E-state index contributed by atoms with van der Waals surface area (Å²) in [5.41, 5.74) is 6.07. The van der Waals surface area contributed by atoms with Crippen molar-refractivity contribution in [1.82, 2.24) is 4.98 Å². The number of aromatic nitrogens is 1. The summed E-state index contributed by atoms with van der Waals surface area (Å²) in [5, 5.41) is 1.20. The summed E-state index contributed by atoms with van der Waals surface area (Å²) in [5.74, 6) is 0. The van der Waals surface area contributed by atoms with Crippen molar-refractivity contribution in [3.05, 3.63) is 65.7 Å². The maximum Gasteiger partial charge on any atom is 0.0738 e. The van der Waals surface area contributed by atoms with Crippen molar-refractivity contribution < 1.29 is 0 Å². The molecule has 0 N–H and O–H groups in total. The van der Waals surface area contributed by atoms with E-state index in [9.17, 15) is 0 Å². The lowest BCUT2D eigenvalue weighted by molar-refractivity contribution is 0.590. The number of aryl methyl sites for hydroxylation is 1. The molecule has 1 heteroatoms. The molecule has 0 aliphatic heterocycles. The van der Waals surface area contributed by atoms with Gasteiger partial charge in [-0.25, -0.2) is 4.98 Å². The van der Waals surface area contributed by atoms with Crippen molar-refractivity contribution in [3.63, 3.8) is 0 Å². The molecule has 3 aromatic rings. The molecule has 106 valence electrons. The predicted octanol–water partition coefficient (Wildman–Crippen LogP) is 5.51. The lowest BCUT2D eigenvalue weighted by Gasteiger charge is -2.19. The number of pyridine rings is 1. The van der Waals surface area contributed by atoms with E-state index >= 15 is 0 Å². The lowest BCUT2D eigenvalue weighted by atomic mass is 9.86. The Balaban J connectivity index is 2.09. The first kappa shape index (κ1) is 13.8. The summed E-state index contributed by atoms with van der Waals surface area (Å²) in [6.45, 7) is 8.84. The van der Waals surface area contributed by atoms with Crippen LogP contribution in [0.25, 0.3) is 22.2 Å². The van der Waals surface area contributed by atoms with Crippen molar-refractivity contribution >= 4 is 10.9 Å². The number of hydrogen-bond acceptors (Lipinski definition) is 1. The van der Waals surface area contributed by atoms with Crippen LogP contribution in [0.5, 0.6) is 0 Å². The van der Waals surface area contributed by atoms with Crippen LogP contribution in [0.3, 0.4) is 0 Å². The summed E-state index contributed by atoms with van der Waals surface area (Å²) in [4.78, 5) is 4.84. The van der Waals surface area contributed by atoms with Gasteiger partial charge >= 0.3 is 0 Å². The highest BCUT2D eigenvalue weighted by Gasteiger charge is 2.14. The first-order valence-electron chi connectivity index (χ1n) is 7.42. The molecule has 0 radical (unpaired) electrons. The molecular weight excluding hydrogens is 254 g/mol. The van der Waals surface area contributed by atoms with Gasteiger partial charge in [0.15, 0.2) is 0 Å². The fraction of sp³-hybridized carbons (Fsp3) is 0.250. The largest absolute Gasteiger partial charge is 0.248 e. The molecule has 0 aliphatic carbocycles. The molecule has 0 saturated heterocycles. The van der Waals surface area contributed by atoms with Gasteiger partial charge < -0.3 is 0 Å². The molecule has 0 spiro atoms. The first-order valence-corrected chi connectivity index (χ1v) is 7.42. The van der Waals surface area contributed by atoms with Crippen LogP contribution in [-0.4, -0.2) is 4.98 Å². The topological polar surface area (TPSA) is 12.9 Å². The predicted molar refractivity (Wildman–Crippen MR) is 90.6 cm³/mol. The zero-order valence-electron chi connectivity index (χ0n) is 13.1. The number of benzene rings is 2. The Morgan fingerprint density at radius 3 is 2.19 bits per heavy atom. The van der Waals surface area contributed by atoms with Crippen LogP contribution in [0, 0.1) is 6.92 Å². The Labute approximate surface area is 126 Å². The van der Waals surface area contributed by atoms with E-state index in [-0.39, 0.29) is 5.41 Å². The highest BCUT2D eigenvalue weighted by molar-refractivity contribution is 5.83. The monoisotopic (exact) mass is 275 g/mol. The van der Waals surface area contributed by atoms with Crippen molar-refractivity contribution in [2.45, 2.75) is 33.1 Å². The summed E-state index contributed by atoms with van der Waals surface area (Å²) in [7, 11) is 0. The van der Waals surface area contributed by atoms with Crippen LogP contribution in [0.1, 0.15) is 31.9 Å². The van der Waals surface area contributed by atoms with Gasteiger partial charge in [-0.3, -0.25) is 0 Å². The van der Waals surface area contributed by atoms with Gasteiger partial charge in [0.25, 0.3) is 0 Å². The van der Waals surface area contributed by atoms with E-state index in [2.05, 4.69) is 76.2 Å². The lowest BCUT2D eigenvalue weighted by Crippen LogP contribution is -2.10. The molecule has 1 heterocycles. The minimum Gasteiger partial charge on any atom is -0.248 e. The van der Waals surface area contributed by atoms with Crippen molar-refractivity contribution in [3.8, 4) is 11.3 Å². The third-order valence-corrected chi connectivity index (χ3v) is 3.94. The van der Waals surface area contributed by atoms with Gasteiger partial charge in [0.2, 0.25) is 0 Å². The van der Waals surface area contributed by atoms with E-state index in [0.29, 0.717) is 0 Å². The fourth-order valence-corrected chi connectivity index (χ4v) is 2.64. The van der Waals surface area contributed by atoms with E-state index in [1.807, 2.05) is 6.07 Å². The molecule has 0 unspecified atom stereocenters. The van der Waals surface area contributed by atoms with Gasteiger partial charge in [0.1, 0.15) is 0 Å². The zero-order chi connectivity index (χ0) is 15.0. The molecule has 1 aromatic heterocycles. The van der Waals surface area contributed by atoms with E-state index in [1.165, 1.54) is 22.1 Å². The fourth-order valence-electron chi connectivity index (χ4n) is 2.64. The summed E-state index contributed by atoms with van der Waals surface area (Å²) in [6, 6.07) is 19.3. The van der Waals surface area contributed by atoms with Gasteiger partial charge in [0.05, 0.1) is 11.2 Å². The minimum absolute atomic E-state index is 0.185. The third-order valence-electron chi connectivity index (χ3n) is 3.94. The number of rotatable bonds is 1. The molecule has 0 fully saturated rings. The second-order valence-corrected chi connectivity index (χ2v) is 6.67. The molecular formula is C20H21N. The Morgan fingerprint density at radius 2 is 1.52 bits per heavy atom. The minimum atomic E-state index is 0.185. The SMILES string of the molecule is Cc1cc2ccccc2nc1-c1ccc(C(C)(C)C)cc1. The quantitative estimate of drug-likeness (QED) is 0.571. The Morgan fingerprint density at radius 1 is 0.857 bits per heavy atom. The standard InChI is InChI=1S/C20H21N/c1-14-13-16-7-5-6-8-18(16)21-19(14)15-9-11-17(12-10-15)20(2,3)4/h5-13H,1-4H3. The van der Waals surface area contributed by atoms with Crippen LogP contribution >= 0.6 is 0 Å². The number of nitrogens with zero attached hydrogens (tertiary/aromatic N) is 1. The van der Waals surface area contributed by atoms with Crippen molar-refractivity contribution in [1.29, 1.82) is 0 Å². The van der Waals surface area contributed by atoms with E-state index in [1.54, 1.807) is 0 Å². The second-order valence-electron chi connectivity index (χ2n) is 6.67. The van der Waals surface area contributed by atoms with Gasteiger partial charge in [-0.15, -0.1) is 0 Å². The van der Waals surface area contributed by atoms with Crippen LogP contribution in [0.15, 0.2) is 54.6 Å². The molecule has 0 amide bonds. The Kier molecular flexibility index (Phi) is 3.29. The maximum atomic E-state index is 4.84. The van der Waals surface area contributed by atoms with Crippen LogP contribution in [-0.2, 0) is 5.41 Å². The van der Waals surface area contributed by atoms with E-state index < -0.39 is 0 Å².